The third-order valence-corrected chi connectivity index (χ3v) is 3.97. The summed E-state index contributed by atoms with van der Waals surface area (Å²) >= 11 is 0. The fourth-order valence-electron chi connectivity index (χ4n) is 2.71. The number of nitrogens with one attached hydrogen (secondary N) is 2. The van der Waals surface area contributed by atoms with Crippen LogP contribution in [-0.2, 0) is 16.6 Å². The van der Waals surface area contributed by atoms with Crippen LogP contribution in [0.2, 0.25) is 0 Å². The summed E-state index contributed by atoms with van der Waals surface area (Å²) in [6, 6.07) is 2.50. The van der Waals surface area contributed by atoms with Crippen LogP contribution >= 0.6 is 0 Å². The predicted molar refractivity (Wildman–Crippen MR) is 87.0 cm³/mol. The molecule has 0 bridgehead atoms. The van der Waals surface area contributed by atoms with Crippen molar-refractivity contribution in [1.29, 1.82) is 0 Å². The van der Waals surface area contributed by atoms with Gasteiger partial charge < -0.3 is 15.5 Å². The number of benzene rings is 1. The number of hydrogen-bond donors (Lipinski definition) is 2. The lowest BCUT2D eigenvalue weighted by molar-refractivity contribution is -0.136. The van der Waals surface area contributed by atoms with E-state index < -0.39 is 23.4 Å². The number of anilines is 2. The van der Waals surface area contributed by atoms with Crippen molar-refractivity contribution in [2.45, 2.75) is 12.5 Å². The van der Waals surface area contributed by atoms with E-state index in [0.29, 0.717) is 19.0 Å². The van der Waals surface area contributed by atoms with Crippen LogP contribution in [-0.4, -0.2) is 40.7 Å². The topological polar surface area (TPSA) is 79.3 Å². The lowest BCUT2D eigenvalue weighted by atomic mass is 10.2. The summed E-state index contributed by atoms with van der Waals surface area (Å²) in [6.45, 7) is 1.28. The highest BCUT2D eigenvalue weighted by Crippen LogP contribution is 2.19. The fourth-order valence-corrected chi connectivity index (χ4v) is 2.71. The molecule has 7 nitrogen and oxygen atoms in total. The van der Waals surface area contributed by atoms with Gasteiger partial charge in [0.05, 0.1) is 17.6 Å². The molecular formula is C16H17F2N5O2. The number of aryl methyl sites for hydroxylation is 1. The molecule has 2 heterocycles. The number of nitrogens with zero attached hydrogens (tertiary/aromatic N) is 3. The van der Waals surface area contributed by atoms with Crippen molar-refractivity contribution in [3.05, 3.63) is 42.2 Å². The molecule has 2 amide bonds. The molecule has 1 fully saturated rings. The third-order valence-electron chi connectivity index (χ3n) is 3.97. The molecule has 2 aromatic rings. The SMILES string of the molecule is Cn1cc(N2CCC(NC(=O)C(=O)Nc3ccc(F)cc3F)C2)cn1. The Morgan fingerprint density at radius 1 is 1.28 bits per heavy atom. The molecule has 25 heavy (non-hydrogen) atoms. The van der Waals surface area contributed by atoms with Gasteiger partial charge in [0.25, 0.3) is 0 Å². The van der Waals surface area contributed by atoms with Crippen LogP contribution in [0.15, 0.2) is 30.6 Å². The molecule has 2 N–H and O–H groups in total. The Bertz CT molecular complexity index is 808. The van der Waals surface area contributed by atoms with Gasteiger partial charge in [-0.1, -0.05) is 0 Å². The van der Waals surface area contributed by atoms with Gasteiger partial charge >= 0.3 is 11.8 Å². The molecule has 0 radical (unpaired) electrons. The molecule has 0 spiro atoms. The molecular weight excluding hydrogens is 332 g/mol. The second-order valence-corrected chi connectivity index (χ2v) is 5.86. The second-order valence-electron chi connectivity index (χ2n) is 5.86. The molecule has 132 valence electrons. The summed E-state index contributed by atoms with van der Waals surface area (Å²) in [5.74, 6) is -3.56. The van der Waals surface area contributed by atoms with Crippen LogP contribution in [0.1, 0.15) is 6.42 Å². The molecule has 0 aliphatic carbocycles. The van der Waals surface area contributed by atoms with Gasteiger partial charge in [-0.3, -0.25) is 14.3 Å². The van der Waals surface area contributed by atoms with E-state index in [0.717, 1.165) is 24.4 Å². The van der Waals surface area contributed by atoms with Crippen molar-refractivity contribution < 1.29 is 18.4 Å². The summed E-state index contributed by atoms with van der Waals surface area (Å²) in [7, 11) is 1.82. The molecule has 1 aliphatic rings. The summed E-state index contributed by atoms with van der Waals surface area (Å²) in [4.78, 5) is 25.9. The van der Waals surface area contributed by atoms with E-state index in [9.17, 15) is 18.4 Å². The van der Waals surface area contributed by atoms with Crippen LogP contribution in [0.5, 0.6) is 0 Å². The zero-order valence-corrected chi connectivity index (χ0v) is 13.5. The Hall–Kier alpha value is -2.97. The molecule has 1 unspecified atom stereocenters. The zero-order valence-electron chi connectivity index (χ0n) is 13.5. The van der Waals surface area contributed by atoms with Gasteiger partial charge in [0, 0.05) is 38.4 Å². The number of aromatic nitrogens is 2. The molecule has 1 aromatic heterocycles. The smallest absolute Gasteiger partial charge is 0.313 e. The number of halogens is 2. The van der Waals surface area contributed by atoms with Gasteiger partial charge in [-0.15, -0.1) is 0 Å². The molecule has 3 rings (SSSR count). The van der Waals surface area contributed by atoms with Crippen molar-refractivity contribution in [2.24, 2.45) is 7.05 Å². The Balaban J connectivity index is 1.54. The van der Waals surface area contributed by atoms with E-state index in [1.54, 1.807) is 10.9 Å². The largest absolute Gasteiger partial charge is 0.367 e. The number of carbonyl (C=O) groups excluding carboxylic acids is 2. The molecule has 1 atom stereocenters. The van der Waals surface area contributed by atoms with Crippen LogP contribution < -0.4 is 15.5 Å². The van der Waals surface area contributed by atoms with E-state index in [4.69, 9.17) is 0 Å². The van der Waals surface area contributed by atoms with Gasteiger partial charge in [0.2, 0.25) is 0 Å². The van der Waals surface area contributed by atoms with Crippen LogP contribution in [0.3, 0.4) is 0 Å². The summed E-state index contributed by atoms with van der Waals surface area (Å²) < 4.78 is 28.1. The van der Waals surface area contributed by atoms with Crippen LogP contribution in [0, 0.1) is 11.6 Å². The summed E-state index contributed by atoms with van der Waals surface area (Å²) in [5, 5.41) is 8.86. The van der Waals surface area contributed by atoms with Crippen molar-refractivity contribution in [3.63, 3.8) is 0 Å². The monoisotopic (exact) mass is 349 g/mol. The maximum absolute atomic E-state index is 13.5. The highest BCUT2D eigenvalue weighted by Gasteiger charge is 2.27. The quantitative estimate of drug-likeness (QED) is 0.812. The first-order chi connectivity index (χ1) is 11.9. The minimum absolute atomic E-state index is 0.198. The number of carbonyl (C=O) groups is 2. The number of rotatable bonds is 3. The van der Waals surface area contributed by atoms with Crippen molar-refractivity contribution in [1.82, 2.24) is 15.1 Å². The van der Waals surface area contributed by atoms with E-state index in [-0.39, 0.29) is 11.7 Å². The summed E-state index contributed by atoms with van der Waals surface area (Å²) in [6.07, 6.45) is 4.28. The normalized spacial score (nSPS) is 16.8. The average Bonchev–Trinajstić information content (AvgIpc) is 3.19. The third kappa shape index (κ3) is 3.93. The maximum Gasteiger partial charge on any atom is 0.313 e. The highest BCUT2D eigenvalue weighted by molar-refractivity contribution is 6.39. The van der Waals surface area contributed by atoms with Crippen LogP contribution in [0.25, 0.3) is 0 Å². The van der Waals surface area contributed by atoms with Crippen molar-refractivity contribution in [3.8, 4) is 0 Å². The van der Waals surface area contributed by atoms with Gasteiger partial charge in [-0.25, -0.2) is 8.78 Å². The highest BCUT2D eigenvalue weighted by atomic mass is 19.1. The standard InChI is InChI=1S/C16H17F2N5O2/c1-22-9-12(7-19-22)23-5-4-11(8-23)20-15(24)16(25)21-14-3-2-10(17)6-13(14)18/h2-3,6-7,9,11H,4-5,8H2,1H3,(H,20,24)(H,21,25). The lowest BCUT2D eigenvalue weighted by Crippen LogP contribution is -2.43. The first kappa shape index (κ1) is 16.9. The molecule has 1 aromatic carbocycles. The Kier molecular flexibility index (Phi) is 4.64. The minimum Gasteiger partial charge on any atom is -0.367 e. The number of amides is 2. The molecule has 1 saturated heterocycles. The van der Waals surface area contributed by atoms with Gasteiger partial charge in [0.15, 0.2) is 0 Å². The molecule has 1 aliphatic heterocycles. The average molecular weight is 349 g/mol. The first-order valence-corrected chi connectivity index (χ1v) is 7.73. The van der Waals surface area contributed by atoms with E-state index in [1.807, 2.05) is 13.2 Å². The van der Waals surface area contributed by atoms with Crippen molar-refractivity contribution >= 4 is 23.2 Å². The first-order valence-electron chi connectivity index (χ1n) is 7.73. The Morgan fingerprint density at radius 2 is 2.08 bits per heavy atom. The minimum atomic E-state index is -0.995. The Labute approximate surface area is 142 Å². The van der Waals surface area contributed by atoms with Crippen LogP contribution in [0.4, 0.5) is 20.2 Å². The van der Waals surface area contributed by atoms with Gasteiger partial charge in [-0.05, 0) is 18.6 Å². The zero-order chi connectivity index (χ0) is 18.0. The predicted octanol–water partition coefficient (Wildman–Crippen LogP) is 1.03. The van der Waals surface area contributed by atoms with E-state index in [2.05, 4.69) is 20.6 Å². The van der Waals surface area contributed by atoms with E-state index in [1.165, 1.54) is 0 Å². The van der Waals surface area contributed by atoms with Gasteiger partial charge in [-0.2, -0.15) is 5.10 Å². The Morgan fingerprint density at radius 3 is 2.76 bits per heavy atom. The lowest BCUT2D eigenvalue weighted by Gasteiger charge is -2.16. The molecule has 0 saturated carbocycles. The van der Waals surface area contributed by atoms with Crippen molar-refractivity contribution in [2.75, 3.05) is 23.3 Å². The molecule has 9 heteroatoms. The van der Waals surface area contributed by atoms with Gasteiger partial charge in [0.1, 0.15) is 11.6 Å². The second kappa shape index (κ2) is 6.88. The fraction of sp³-hybridized carbons (Fsp3) is 0.312. The maximum atomic E-state index is 13.5. The van der Waals surface area contributed by atoms with E-state index >= 15 is 0 Å². The number of hydrogen-bond acceptors (Lipinski definition) is 4. The summed E-state index contributed by atoms with van der Waals surface area (Å²) in [5.41, 5.74) is 0.696.